The van der Waals surface area contributed by atoms with Gasteiger partial charge < -0.3 is 9.88 Å². The van der Waals surface area contributed by atoms with Crippen LogP contribution in [0, 0.1) is 5.92 Å². The molecule has 110 valence electrons. The second kappa shape index (κ2) is 4.58. The largest absolute Gasteiger partial charge is 0.361 e. The summed E-state index contributed by atoms with van der Waals surface area (Å²) >= 11 is 0. The van der Waals surface area contributed by atoms with Crippen LogP contribution in [0.15, 0.2) is 24.4 Å². The Kier molecular flexibility index (Phi) is 2.80. The molecule has 5 nitrogen and oxygen atoms in total. The number of carbonyl (C=O) groups is 1. The highest BCUT2D eigenvalue weighted by molar-refractivity contribution is 5.88. The molecule has 21 heavy (non-hydrogen) atoms. The van der Waals surface area contributed by atoms with E-state index in [9.17, 15) is 4.79 Å². The standard InChI is InChI=1S/C16H20N4O/c1-20-8-10(16(21)19-17)5-12-11-3-2-4-13-15(11)9(7-18-13)6-14(12)20/h2-4,7,10,12,14,18H,5-6,8,17H2,1H3,(H,19,21)/t10-,12+,14+/m0/s1. The van der Waals surface area contributed by atoms with E-state index >= 15 is 0 Å². The molecule has 2 heterocycles. The molecule has 2 aromatic rings. The summed E-state index contributed by atoms with van der Waals surface area (Å²) in [4.78, 5) is 17.7. The number of benzene rings is 1. The van der Waals surface area contributed by atoms with E-state index in [1.165, 1.54) is 22.0 Å². The summed E-state index contributed by atoms with van der Waals surface area (Å²) in [7, 11) is 2.12. The molecule has 1 saturated heterocycles. The van der Waals surface area contributed by atoms with Crippen molar-refractivity contribution in [1.29, 1.82) is 0 Å². The number of carbonyl (C=O) groups excluding carboxylic acids is 1. The molecule has 1 aromatic carbocycles. The maximum absolute atomic E-state index is 12.0. The van der Waals surface area contributed by atoms with Crippen molar-refractivity contribution in [1.82, 2.24) is 15.3 Å². The Labute approximate surface area is 123 Å². The number of hydrazine groups is 1. The molecule has 1 fully saturated rings. The van der Waals surface area contributed by atoms with Gasteiger partial charge in [0.15, 0.2) is 0 Å². The van der Waals surface area contributed by atoms with Crippen LogP contribution in [0.2, 0.25) is 0 Å². The van der Waals surface area contributed by atoms with E-state index in [-0.39, 0.29) is 11.8 Å². The topological polar surface area (TPSA) is 74.2 Å². The van der Waals surface area contributed by atoms with Crippen molar-refractivity contribution in [3.63, 3.8) is 0 Å². The van der Waals surface area contributed by atoms with E-state index in [2.05, 4.69) is 46.8 Å². The number of fused-ring (bicyclic) bond motifs is 2. The van der Waals surface area contributed by atoms with E-state index in [1.54, 1.807) is 0 Å². The first-order chi connectivity index (χ1) is 10.2. The second-order valence-electron chi connectivity index (χ2n) is 6.34. The molecule has 1 amide bonds. The number of hydrogen-bond donors (Lipinski definition) is 3. The monoisotopic (exact) mass is 284 g/mol. The molecule has 1 aromatic heterocycles. The highest BCUT2D eigenvalue weighted by atomic mass is 16.2. The molecule has 0 unspecified atom stereocenters. The molecule has 0 bridgehead atoms. The van der Waals surface area contributed by atoms with Crippen LogP contribution in [0.25, 0.3) is 10.9 Å². The van der Waals surface area contributed by atoms with Gasteiger partial charge in [0.25, 0.3) is 0 Å². The van der Waals surface area contributed by atoms with E-state index in [0.29, 0.717) is 12.0 Å². The zero-order valence-electron chi connectivity index (χ0n) is 12.1. The molecule has 2 aliphatic rings. The van der Waals surface area contributed by atoms with Gasteiger partial charge in [0, 0.05) is 35.6 Å². The number of nitrogens with one attached hydrogen (secondary N) is 2. The lowest BCUT2D eigenvalue weighted by Crippen LogP contribution is -2.52. The fourth-order valence-electron chi connectivity index (χ4n) is 4.25. The quantitative estimate of drug-likeness (QED) is 0.417. The summed E-state index contributed by atoms with van der Waals surface area (Å²) in [6, 6.07) is 6.92. The van der Waals surface area contributed by atoms with E-state index < -0.39 is 0 Å². The SMILES string of the molecule is CN1C[C@@H](C(=O)NN)C[C@@H]2c3cccc4[nH]cc(c34)C[C@H]21. The third kappa shape index (κ3) is 1.81. The molecule has 1 aliphatic carbocycles. The third-order valence-electron chi connectivity index (χ3n) is 5.24. The highest BCUT2D eigenvalue weighted by Crippen LogP contribution is 2.44. The Balaban J connectivity index is 1.79. The first kappa shape index (κ1) is 12.9. The molecule has 4 N–H and O–H groups in total. The minimum absolute atomic E-state index is 0.0306. The molecule has 4 rings (SSSR count). The van der Waals surface area contributed by atoms with E-state index in [0.717, 1.165) is 19.4 Å². The first-order valence-corrected chi connectivity index (χ1v) is 7.48. The Bertz CT molecular complexity index is 707. The molecule has 3 atom stereocenters. The summed E-state index contributed by atoms with van der Waals surface area (Å²) in [5.41, 5.74) is 6.30. The Morgan fingerprint density at radius 2 is 2.33 bits per heavy atom. The summed E-state index contributed by atoms with van der Waals surface area (Å²) in [5.74, 6) is 5.65. The number of amides is 1. The van der Waals surface area contributed by atoms with Crippen LogP contribution in [-0.2, 0) is 11.2 Å². The smallest absolute Gasteiger partial charge is 0.238 e. The maximum atomic E-state index is 12.0. The Hall–Kier alpha value is -1.85. The lowest BCUT2D eigenvalue weighted by Gasteiger charge is -2.45. The van der Waals surface area contributed by atoms with E-state index in [1.807, 2.05) is 0 Å². The van der Waals surface area contributed by atoms with Crippen molar-refractivity contribution in [2.75, 3.05) is 13.6 Å². The highest BCUT2D eigenvalue weighted by Gasteiger charge is 2.41. The normalized spacial score (nSPS) is 28.4. The summed E-state index contributed by atoms with van der Waals surface area (Å²) in [6.45, 7) is 0.778. The number of rotatable bonds is 1. The molecule has 0 radical (unpaired) electrons. The number of nitrogens with zero attached hydrogens (tertiary/aromatic N) is 1. The van der Waals surface area contributed by atoms with Gasteiger partial charge in [0.1, 0.15) is 0 Å². The van der Waals surface area contributed by atoms with Crippen molar-refractivity contribution < 1.29 is 4.79 Å². The average molecular weight is 284 g/mol. The summed E-state index contributed by atoms with van der Waals surface area (Å²) in [6.07, 6.45) is 4.06. The number of likely N-dealkylation sites (N-methyl/N-ethyl adjacent to an activating group) is 1. The number of nitrogens with two attached hydrogens (primary N) is 1. The summed E-state index contributed by atoms with van der Waals surface area (Å²) in [5, 5.41) is 1.36. The summed E-state index contributed by atoms with van der Waals surface area (Å²) < 4.78 is 0. The number of aromatic nitrogens is 1. The molecule has 0 spiro atoms. The van der Waals surface area contributed by atoms with Gasteiger partial charge in [-0.3, -0.25) is 10.2 Å². The van der Waals surface area contributed by atoms with Crippen LogP contribution >= 0.6 is 0 Å². The molecular formula is C16H20N4O. The lowest BCUT2D eigenvalue weighted by atomic mass is 9.72. The van der Waals surface area contributed by atoms with Crippen molar-refractivity contribution in [2.45, 2.75) is 24.8 Å². The van der Waals surface area contributed by atoms with Crippen LogP contribution in [0.1, 0.15) is 23.5 Å². The fourth-order valence-corrected chi connectivity index (χ4v) is 4.25. The zero-order chi connectivity index (χ0) is 14.6. The van der Waals surface area contributed by atoms with Gasteiger partial charge in [-0.2, -0.15) is 0 Å². The van der Waals surface area contributed by atoms with Gasteiger partial charge in [-0.1, -0.05) is 12.1 Å². The van der Waals surface area contributed by atoms with Gasteiger partial charge in [0.05, 0.1) is 5.92 Å². The molecule has 0 saturated carbocycles. The van der Waals surface area contributed by atoms with Crippen LogP contribution in [0.5, 0.6) is 0 Å². The number of piperidine rings is 1. The molecular weight excluding hydrogens is 264 g/mol. The van der Waals surface area contributed by atoms with Gasteiger partial charge in [-0.15, -0.1) is 0 Å². The van der Waals surface area contributed by atoms with Crippen LogP contribution in [0.4, 0.5) is 0 Å². The fraction of sp³-hybridized carbons (Fsp3) is 0.438. The van der Waals surface area contributed by atoms with Gasteiger partial charge in [0.2, 0.25) is 5.91 Å². The average Bonchev–Trinajstić information content (AvgIpc) is 2.92. The van der Waals surface area contributed by atoms with Gasteiger partial charge >= 0.3 is 0 Å². The van der Waals surface area contributed by atoms with Crippen LogP contribution < -0.4 is 11.3 Å². The van der Waals surface area contributed by atoms with Crippen molar-refractivity contribution in [3.05, 3.63) is 35.5 Å². The predicted octanol–water partition coefficient (Wildman–Crippen LogP) is 1.12. The minimum Gasteiger partial charge on any atom is -0.361 e. The van der Waals surface area contributed by atoms with Crippen molar-refractivity contribution in [2.24, 2.45) is 11.8 Å². The zero-order valence-corrected chi connectivity index (χ0v) is 12.1. The van der Waals surface area contributed by atoms with Crippen molar-refractivity contribution >= 4 is 16.8 Å². The number of H-pyrrole nitrogens is 1. The molecule has 1 aliphatic heterocycles. The van der Waals surface area contributed by atoms with Crippen molar-refractivity contribution in [3.8, 4) is 0 Å². The Morgan fingerprint density at radius 1 is 1.48 bits per heavy atom. The van der Waals surface area contributed by atoms with Crippen LogP contribution in [0.3, 0.4) is 0 Å². The second-order valence-corrected chi connectivity index (χ2v) is 6.34. The maximum Gasteiger partial charge on any atom is 0.238 e. The van der Waals surface area contributed by atoms with Gasteiger partial charge in [-0.25, -0.2) is 5.84 Å². The molecule has 5 heteroatoms. The number of hydrogen-bond acceptors (Lipinski definition) is 3. The van der Waals surface area contributed by atoms with Gasteiger partial charge in [-0.05, 0) is 37.1 Å². The third-order valence-corrected chi connectivity index (χ3v) is 5.24. The van der Waals surface area contributed by atoms with E-state index in [4.69, 9.17) is 5.84 Å². The number of likely N-dealkylation sites (tertiary alicyclic amines) is 1. The first-order valence-electron chi connectivity index (χ1n) is 7.48. The Morgan fingerprint density at radius 3 is 3.14 bits per heavy atom. The minimum atomic E-state index is -0.0488. The lowest BCUT2D eigenvalue weighted by molar-refractivity contribution is -0.127. The predicted molar refractivity (Wildman–Crippen MR) is 81.6 cm³/mol. The number of aromatic amines is 1. The van der Waals surface area contributed by atoms with Crippen LogP contribution in [-0.4, -0.2) is 35.4 Å².